The molecule has 132 valence electrons. The van der Waals surface area contributed by atoms with Gasteiger partial charge in [0.2, 0.25) is 5.91 Å². The number of nitrogens with one attached hydrogen (secondary N) is 1. The summed E-state index contributed by atoms with van der Waals surface area (Å²) in [6.45, 7) is 8.04. The van der Waals surface area contributed by atoms with Crippen molar-refractivity contribution in [1.29, 1.82) is 0 Å². The van der Waals surface area contributed by atoms with Crippen molar-refractivity contribution in [2.75, 3.05) is 6.61 Å². The van der Waals surface area contributed by atoms with Crippen LogP contribution < -0.4 is 10.2 Å². The van der Waals surface area contributed by atoms with E-state index >= 15 is 0 Å². The maximum Gasteiger partial charge on any atom is 0.303 e. The summed E-state index contributed by atoms with van der Waals surface area (Å²) >= 11 is 0. The van der Waals surface area contributed by atoms with Crippen molar-refractivity contribution in [3.8, 4) is 5.75 Å². The Morgan fingerprint density at radius 2 is 2.04 bits per heavy atom. The van der Waals surface area contributed by atoms with Crippen LogP contribution in [-0.4, -0.2) is 34.3 Å². The molecule has 0 aliphatic carbocycles. The van der Waals surface area contributed by atoms with Crippen LogP contribution in [0.5, 0.6) is 5.75 Å². The lowest BCUT2D eigenvalue weighted by atomic mass is 9.92. The molecule has 0 unspecified atom stereocenters. The van der Waals surface area contributed by atoms with E-state index in [9.17, 15) is 9.59 Å². The highest BCUT2D eigenvalue weighted by Crippen LogP contribution is 2.17. The van der Waals surface area contributed by atoms with E-state index in [0.29, 0.717) is 36.6 Å². The van der Waals surface area contributed by atoms with Gasteiger partial charge in [-0.25, -0.2) is 5.43 Å². The molecule has 0 saturated carbocycles. The summed E-state index contributed by atoms with van der Waals surface area (Å²) in [6, 6.07) is 3.47. The molecule has 0 aliphatic heterocycles. The van der Waals surface area contributed by atoms with Crippen LogP contribution in [0.1, 0.15) is 52.7 Å². The Labute approximate surface area is 142 Å². The molecule has 0 aliphatic rings. The number of nitrogens with zero attached hydrogens (tertiary/aromatic N) is 2. The molecule has 1 heterocycles. The largest absolute Gasteiger partial charge is 0.492 e. The van der Waals surface area contributed by atoms with Gasteiger partial charge in [-0.3, -0.25) is 14.6 Å². The Bertz CT molecular complexity index is 589. The normalized spacial score (nSPS) is 11.9. The van der Waals surface area contributed by atoms with Crippen LogP contribution in [0.15, 0.2) is 23.4 Å². The molecular weight excluding hydrogens is 310 g/mol. The van der Waals surface area contributed by atoms with Crippen LogP contribution in [0, 0.1) is 5.41 Å². The van der Waals surface area contributed by atoms with E-state index in [1.54, 1.807) is 25.3 Å². The Morgan fingerprint density at radius 3 is 2.58 bits per heavy atom. The fourth-order valence-corrected chi connectivity index (χ4v) is 1.82. The summed E-state index contributed by atoms with van der Waals surface area (Å²) in [5.74, 6) is -0.415. The molecule has 24 heavy (non-hydrogen) atoms. The summed E-state index contributed by atoms with van der Waals surface area (Å²) in [5.41, 5.74) is 3.66. The van der Waals surface area contributed by atoms with Crippen LogP contribution in [0.3, 0.4) is 0 Å². The number of carbonyl (C=O) groups excluding carboxylic acids is 1. The van der Waals surface area contributed by atoms with E-state index in [0.717, 1.165) is 0 Å². The number of amides is 1. The Kier molecular flexibility index (Phi) is 7.35. The second kappa shape index (κ2) is 9.00. The van der Waals surface area contributed by atoms with Gasteiger partial charge in [-0.2, -0.15) is 5.10 Å². The van der Waals surface area contributed by atoms with E-state index in [1.807, 2.05) is 20.8 Å². The molecule has 1 rings (SSSR count). The number of pyridine rings is 1. The van der Waals surface area contributed by atoms with E-state index in [-0.39, 0.29) is 17.7 Å². The zero-order valence-electron chi connectivity index (χ0n) is 14.6. The highest BCUT2D eigenvalue weighted by atomic mass is 16.5. The number of ether oxygens (including phenoxy) is 1. The van der Waals surface area contributed by atoms with E-state index in [1.165, 1.54) is 0 Å². The minimum absolute atomic E-state index is 0.0749. The lowest BCUT2D eigenvalue weighted by molar-refractivity contribution is -0.137. The van der Waals surface area contributed by atoms with E-state index < -0.39 is 5.97 Å². The van der Waals surface area contributed by atoms with Gasteiger partial charge in [0.25, 0.3) is 0 Å². The van der Waals surface area contributed by atoms with Gasteiger partial charge in [0, 0.05) is 12.8 Å². The molecule has 2 N–H and O–H groups in total. The number of rotatable bonds is 8. The van der Waals surface area contributed by atoms with E-state index in [2.05, 4.69) is 15.5 Å². The average molecular weight is 335 g/mol. The minimum atomic E-state index is -0.840. The third-order valence-corrected chi connectivity index (χ3v) is 2.95. The number of hydrazone groups is 1. The molecule has 1 aromatic rings. The first kappa shape index (κ1) is 19.6. The van der Waals surface area contributed by atoms with Crippen molar-refractivity contribution in [1.82, 2.24) is 10.4 Å². The van der Waals surface area contributed by atoms with Crippen LogP contribution in [0.25, 0.3) is 0 Å². The van der Waals surface area contributed by atoms with Gasteiger partial charge in [0.15, 0.2) is 0 Å². The summed E-state index contributed by atoms with van der Waals surface area (Å²) in [5, 5.41) is 12.6. The molecule has 0 saturated heterocycles. The van der Waals surface area contributed by atoms with Crippen LogP contribution >= 0.6 is 0 Å². The molecule has 0 spiro atoms. The highest BCUT2D eigenvalue weighted by molar-refractivity contribution is 5.97. The maximum atomic E-state index is 11.7. The molecule has 1 aromatic heterocycles. The van der Waals surface area contributed by atoms with Gasteiger partial charge in [-0.15, -0.1) is 0 Å². The van der Waals surface area contributed by atoms with Crippen molar-refractivity contribution in [3.05, 3.63) is 24.0 Å². The first-order valence-electron chi connectivity index (χ1n) is 7.81. The van der Waals surface area contributed by atoms with Gasteiger partial charge in [-0.05, 0) is 30.9 Å². The Morgan fingerprint density at radius 1 is 1.33 bits per heavy atom. The van der Waals surface area contributed by atoms with Gasteiger partial charge >= 0.3 is 5.97 Å². The second-order valence-corrected chi connectivity index (χ2v) is 6.69. The molecular formula is C17H25N3O4. The molecule has 1 amide bonds. The smallest absolute Gasteiger partial charge is 0.303 e. The molecule has 0 fully saturated rings. The monoisotopic (exact) mass is 335 g/mol. The Hall–Kier alpha value is -2.44. The number of carboxylic acid groups (broad SMARTS) is 1. The van der Waals surface area contributed by atoms with Crippen molar-refractivity contribution >= 4 is 17.6 Å². The van der Waals surface area contributed by atoms with Crippen molar-refractivity contribution in [2.24, 2.45) is 10.5 Å². The Balaban J connectivity index is 2.50. The van der Waals surface area contributed by atoms with Gasteiger partial charge in [0.05, 0.1) is 24.2 Å². The fraction of sp³-hybridized carbons (Fsp3) is 0.529. The number of hydrogen-bond donors (Lipinski definition) is 2. The highest BCUT2D eigenvalue weighted by Gasteiger charge is 2.15. The van der Waals surface area contributed by atoms with Crippen LogP contribution in [0.4, 0.5) is 0 Å². The lowest BCUT2D eigenvalue weighted by Crippen LogP contribution is -2.24. The van der Waals surface area contributed by atoms with Gasteiger partial charge < -0.3 is 9.84 Å². The zero-order valence-corrected chi connectivity index (χ0v) is 14.6. The number of hydrogen-bond acceptors (Lipinski definition) is 5. The van der Waals surface area contributed by atoms with Crippen molar-refractivity contribution in [2.45, 2.75) is 47.0 Å². The quantitative estimate of drug-likeness (QED) is 0.432. The van der Waals surface area contributed by atoms with Crippen molar-refractivity contribution < 1.29 is 19.4 Å². The molecule has 7 heteroatoms. The zero-order chi connectivity index (χ0) is 18.2. The summed E-state index contributed by atoms with van der Waals surface area (Å²) in [6.07, 6.45) is 2.45. The lowest BCUT2D eigenvalue weighted by Gasteiger charge is -2.16. The standard InChI is InChI=1S/C17H25N3O4/c1-12(19-20-15(21)10-17(2,3)4)14-8-7-13(11-18-14)24-9-5-6-16(22)23/h7-8,11H,5-6,9-10H2,1-4H3,(H,20,21)(H,22,23)/b19-12-. The number of carboxylic acids is 1. The van der Waals surface area contributed by atoms with Gasteiger partial charge in [-0.1, -0.05) is 20.8 Å². The average Bonchev–Trinajstić information content (AvgIpc) is 2.48. The van der Waals surface area contributed by atoms with Crippen LogP contribution in [-0.2, 0) is 9.59 Å². The number of carbonyl (C=O) groups is 2. The fourth-order valence-electron chi connectivity index (χ4n) is 1.82. The summed E-state index contributed by atoms with van der Waals surface area (Å²) in [7, 11) is 0. The summed E-state index contributed by atoms with van der Waals surface area (Å²) in [4.78, 5) is 26.4. The molecule has 0 bridgehead atoms. The second-order valence-electron chi connectivity index (χ2n) is 6.69. The minimum Gasteiger partial charge on any atom is -0.492 e. The number of aliphatic carboxylic acids is 1. The van der Waals surface area contributed by atoms with Crippen molar-refractivity contribution in [3.63, 3.8) is 0 Å². The van der Waals surface area contributed by atoms with Gasteiger partial charge in [0.1, 0.15) is 5.75 Å². The van der Waals surface area contributed by atoms with Crippen LogP contribution in [0.2, 0.25) is 0 Å². The maximum absolute atomic E-state index is 11.7. The topological polar surface area (TPSA) is 101 Å². The molecule has 7 nitrogen and oxygen atoms in total. The molecule has 0 atom stereocenters. The molecule has 0 radical (unpaired) electrons. The first-order chi connectivity index (χ1) is 11.2. The van der Waals surface area contributed by atoms with E-state index in [4.69, 9.17) is 9.84 Å². The third-order valence-electron chi connectivity index (χ3n) is 2.95. The summed E-state index contributed by atoms with van der Waals surface area (Å²) < 4.78 is 5.41. The predicted molar refractivity (Wildman–Crippen MR) is 91.0 cm³/mol. The predicted octanol–water partition coefficient (Wildman–Crippen LogP) is 2.60. The number of aromatic nitrogens is 1. The SMILES string of the molecule is C/C(=N/NC(=O)CC(C)(C)C)c1ccc(OCCCC(=O)O)cn1. The third kappa shape index (κ3) is 8.26. The molecule has 0 aromatic carbocycles. The first-order valence-corrected chi connectivity index (χ1v) is 7.81.